The van der Waals surface area contributed by atoms with Gasteiger partial charge in [0.2, 0.25) is 0 Å². The fourth-order valence-electron chi connectivity index (χ4n) is 3.37. The predicted molar refractivity (Wildman–Crippen MR) is 97.1 cm³/mol. The minimum Gasteiger partial charge on any atom is -0.505 e. The van der Waals surface area contributed by atoms with E-state index in [1.807, 2.05) is 0 Å². The third-order valence-electron chi connectivity index (χ3n) is 4.97. The van der Waals surface area contributed by atoms with Gasteiger partial charge in [0.15, 0.2) is 17.6 Å². The van der Waals surface area contributed by atoms with Crippen molar-refractivity contribution in [1.29, 1.82) is 0 Å². The lowest BCUT2D eigenvalue weighted by Gasteiger charge is -2.42. The van der Waals surface area contributed by atoms with Gasteiger partial charge in [-0.1, -0.05) is 0 Å². The Morgan fingerprint density at radius 1 is 0.931 bits per heavy atom. The normalized spacial score (nSPS) is 33.2. The van der Waals surface area contributed by atoms with Gasteiger partial charge in [0, 0.05) is 20.1 Å². The molecule has 1 saturated heterocycles. The topological polar surface area (TPSA) is 168 Å². The van der Waals surface area contributed by atoms with E-state index in [9.17, 15) is 30.6 Å². The highest BCUT2D eigenvalue weighted by Crippen LogP contribution is 2.29. The van der Waals surface area contributed by atoms with Gasteiger partial charge in [-0.15, -0.1) is 0 Å². The molecule has 6 atom stereocenters. The van der Waals surface area contributed by atoms with Gasteiger partial charge in [0.05, 0.1) is 50.8 Å². The van der Waals surface area contributed by atoms with Crippen LogP contribution in [0.3, 0.4) is 0 Å². The smallest absolute Gasteiger partial charge is 0.182 e. The van der Waals surface area contributed by atoms with Crippen molar-refractivity contribution in [3.63, 3.8) is 0 Å². The van der Waals surface area contributed by atoms with Gasteiger partial charge in [0.25, 0.3) is 0 Å². The molecule has 0 aromatic carbocycles. The summed E-state index contributed by atoms with van der Waals surface area (Å²) in [7, 11) is 2.82. The molecule has 11 nitrogen and oxygen atoms in total. The Bertz CT molecular complexity index is 588. The molecule has 0 spiro atoms. The number of methoxy groups -OCH3 is 2. The first-order valence-electron chi connectivity index (χ1n) is 9.19. The van der Waals surface area contributed by atoms with Gasteiger partial charge in [-0.05, 0) is 0 Å². The summed E-state index contributed by atoms with van der Waals surface area (Å²) in [5.41, 5.74) is 0.132. The average Bonchev–Trinajstić information content (AvgIpc) is 2.72. The summed E-state index contributed by atoms with van der Waals surface area (Å²) in [5, 5.41) is 59.8. The molecule has 0 aliphatic carbocycles. The molecule has 0 aromatic heterocycles. The van der Waals surface area contributed by atoms with Crippen LogP contribution in [0.1, 0.15) is 0 Å². The molecule has 0 radical (unpaired) electrons. The summed E-state index contributed by atoms with van der Waals surface area (Å²) >= 11 is 0. The summed E-state index contributed by atoms with van der Waals surface area (Å²) in [4.78, 5) is 0. The summed E-state index contributed by atoms with van der Waals surface area (Å²) in [6.45, 7) is -1.28. The molecule has 6 N–H and O–H groups in total. The summed E-state index contributed by atoms with van der Waals surface area (Å²) in [5.74, 6) is -1.64. The Balaban J connectivity index is 1.98. The highest BCUT2D eigenvalue weighted by molar-refractivity contribution is 5.35. The van der Waals surface area contributed by atoms with Crippen LogP contribution in [0.4, 0.5) is 0 Å². The molecule has 2 rings (SSSR count). The van der Waals surface area contributed by atoms with E-state index < -0.39 is 61.2 Å². The first-order chi connectivity index (χ1) is 13.9. The van der Waals surface area contributed by atoms with Crippen molar-refractivity contribution < 1.29 is 54.3 Å². The number of hydrogen-bond donors (Lipinski definition) is 6. The largest absolute Gasteiger partial charge is 0.505 e. The molecule has 0 aromatic rings. The number of rotatable bonds is 10. The van der Waals surface area contributed by atoms with Crippen molar-refractivity contribution in [2.75, 3.05) is 53.9 Å². The van der Waals surface area contributed by atoms with E-state index in [1.54, 1.807) is 0 Å². The molecule has 0 amide bonds. The summed E-state index contributed by atoms with van der Waals surface area (Å²) < 4.78 is 26.4. The molecule has 1 fully saturated rings. The van der Waals surface area contributed by atoms with Gasteiger partial charge in [-0.25, -0.2) is 0 Å². The summed E-state index contributed by atoms with van der Waals surface area (Å²) in [6.07, 6.45) is -5.12. The second-order valence-electron chi connectivity index (χ2n) is 6.87. The maximum atomic E-state index is 10.4. The van der Waals surface area contributed by atoms with E-state index >= 15 is 0 Å². The maximum absolute atomic E-state index is 10.4. The molecule has 29 heavy (non-hydrogen) atoms. The zero-order valence-electron chi connectivity index (χ0n) is 16.4. The minimum atomic E-state index is -1.23. The number of hydrogen-bond acceptors (Lipinski definition) is 11. The van der Waals surface area contributed by atoms with Crippen molar-refractivity contribution in [3.05, 3.63) is 22.9 Å². The standard InChI is InChI=1S/C18H30O11/c1-25-5-9-11(3-19)29-14(18(24)15(9)21)8-27-6-10-12(4-20)28-13(7-26-2)17(23)16(10)22/h10,12-14,16-17,19-24H,3-8H2,1-2H3. The number of aliphatic hydroxyl groups excluding tert-OH is 6. The van der Waals surface area contributed by atoms with Crippen molar-refractivity contribution >= 4 is 0 Å². The van der Waals surface area contributed by atoms with E-state index in [2.05, 4.69) is 0 Å². The second kappa shape index (κ2) is 11.1. The molecular weight excluding hydrogens is 392 g/mol. The van der Waals surface area contributed by atoms with Crippen molar-refractivity contribution in [1.82, 2.24) is 0 Å². The maximum Gasteiger partial charge on any atom is 0.182 e. The molecule has 2 aliphatic heterocycles. The van der Waals surface area contributed by atoms with Crippen LogP contribution in [0.2, 0.25) is 0 Å². The molecule has 2 aliphatic rings. The first-order valence-corrected chi connectivity index (χ1v) is 9.19. The second-order valence-corrected chi connectivity index (χ2v) is 6.87. The van der Waals surface area contributed by atoms with Crippen LogP contribution in [-0.2, 0) is 23.7 Å². The van der Waals surface area contributed by atoms with E-state index in [0.29, 0.717) is 0 Å². The fraction of sp³-hybridized carbons (Fsp3) is 0.778. The quantitative estimate of drug-likeness (QED) is 0.239. The van der Waals surface area contributed by atoms with Crippen LogP contribution in [0.25, 0.3) is 0 Å². The highest BCUT2D eigenvalue weighted by Gasteiger charge is 2.44. The van der Waals surface area contributed by atoms with E-state index in [4.69, 9.17) is 23.7 Å². The third kappa shape index (κ3) is 5.38. The van der Waals surface area contributed by atoms with Crippen LogP contribution in [0, 0.1) is 5.92 Å². The average molecular weight is 422 g/mol. The van der Waals surface area contributed by atoms with Gasteiger partial charge < -0.3 is 54.3 Å². The van der Waals surface area contributed by atoms with E-state index in [1.165, 1.54) is 14.2 Å². The minimum absolute atomic E-state index is 0.0443. The van der Waals surface area contributed by atoms with Crippen LogP contribution < -0.4 is 0 Å². The first kappa shape index (κ1) is 23.8. The zero-order chi connectivity index (χ0) is 21.6. The predicted octanol–water partition coefficient (Wildman–Crippen LogP) is -1.63. The molecule has 0 bridgehead atoms. The molecular formula is C18H30O11. The third-order valence-corrected chi connectivity index (χ3v) is 4.97. The molecule has 2 heterocycles. The SMILES string of the molecule is COCC1=C(CO)OC(COCC2C(CO)OC(COC)C(O)C2O)C(O)=C1O. The molecule has 168 valence electrons. The number of aliphatic hydroxyl groups is 6. The van der Waals surface area contributed by atoms with Gasteiger partial charge in [-0.3, -0.25) is 0 Å². The molecule has 11 heteroatoms. The zero-order valence-corrected chi connectivity index (χ0v) is 16.4. The van der Waals surface area contributed by atoms with Crippen LogP contribution >= 0.6 is 0 Å². The van der Waals surface area contributed by atoms with Crippen LogP contribution in [-0.4, -0.2) is 115 Å². The lowest BCUT2D eigenvalue weighted by Crippen LogP contribution is -2.58. The Hall–Kier alpha value is -1.44. The lowest BCUT2D eigenvalue weighted by molar-refractivity contribution is -0.228. The Labute approximate surface area is 168 Å². The highest BCUT2D eigenvalue weighted by atomic mass is 16.6. The van der Waals surface area contributed by atoms with Crippen molar-refractivity contribution in [2.24, 2.45) is 5.92 Å². The van der Waals surface area contributed by atoms with E-state index in [-0.39, 0.29) is 37.8 Å². The summed E-state index contributed by atoms with van der Waals surface area (Å²) in [6, 6.07) is 0. The van der Waals surface area contributed by atoms with Gasteiger partial charge in [-0.2, -0.15) is 0 Å². The number of ether oxygens (including phenoxy) is 5. The fourth-order valence-corrected chi connectivity index (χ4v) is 3.37. The van der Waals surface area contributed by atoms with Crippen molar-refractivity contribution in [3.8, 4) is 0 Å². The monoisotopic (exact) mass is 422 g/mol. The Morgan fingerprint density at radius 3 is 2.24 bits per heavy atom. The van der Waals surface area contributed by atoms with Gasteiger partial charge in [0.1, 0.15) is 24.6 Å². The van der Waals surface area contributed by atoms with E-state index in [0.717, 1.165) is 0 Å². The van der Waals surface area contributed by atoms with Crippen molar-refractivity contribution in [2.45, 2.75) is 30.5 Å². The lowest BCUT2D eigenvalue weighted by atomic mass is 9.87. The van der Waals surface area contributed by atoms with Gasteiger partial charge >= 0.3 is 0 Å². The Morgan fingerprint density at radius 2 is 1.66 bits per heavy atom. The van der Waals surface area contributed by atoms with Crippen LogP contribution in [0.5, 0.6) is 0 Å². The van der Waals surface area contributed by atoms with Crippen LogP contribution in [0.15, 0.2) is 22.9 Å². The molecule has 0 saturated carbocycles. The molecule has 6 unspecified atom stereocenters. The Kier molecular flexibility index (Phi) is 9.11.